The van der Waals surface area contributed by atoms with Gasteiger partial charge in [0.2, 0.25) is 0 Å². The zero-order chi connectivity index (χ0) is 25.6. The normalized spacial score (nSPS) is 11.2. The van der Waals surface area contributed by atoms with Gasteiger partial charge in [0.05, 0.1) is 16.9 Å². The van der Waals surface area contributed by atoms with Crippen molar-refractivity contribution in [1.82, 2.24) is 13.7 Å². The Balaban J connectivity index is 1.97. The van der Waals surface area contributed by atoms with Crippen LogP contribution in [0.2, 0.25) is 0 Å². The highest BCUT2D eigenvalue weighted by Gasteiger charge is 2.25. The fraction of sp³-hybridized carbons (Fsp3) is 0.138. The van der Waals surface area contributed by atoms with Gasteiger partial charge in [0.25, 0.3) is 11.1 Å². The van der Waals surface area contributed by atoms with Crippen LogP contribution in [0.5, 0.6) is 5.75 Å². The molecule has 0 atom stereocenters. The van der Waals surface area contributed by atoms with Gasteiger partial charge in [0.15, 0.2) is 0 Å². The number of benzene rings is 3. The quantitative estimate of drug-likeness (QED) is 0.425. The zero-order valence-electron chi connectivity index (χ0n) is 20.2. The van der Waals surface area contributed by atoms with Gasteiger partial charge < -0.3 is 5.11 Å². The van der Waals surface area contributed by atoms with Crippen LogP contribution < -0.4 is 16.8 Å². The summed E-state index contributed by atoms with van der Waals surface area (Å²) in [5.41, 5.74) is 1.79. The molecule has 36 heavy (non-hydrogen) atoms. The van der Waals surface area contributed by atoms with E-state index in [1.807, 2.05) is 56.3 Å². The van der Waals surface area contributed by atoms with Gasteiger partial charge in [-0.15, -0.1) is 0 Å². The number of aryl methyl sites for hydroxylation is 3. The first-order valence-electron chi connectivity index (χ1n) is 11.6. The molecule has 0 aliphatic heterocycles. The SMILES string of the molecule is Cc1cccc(-n2c(=O)c3c(O)c(Cc4ccccc4)c(=O)n(C)c3n(-c3cccc(C)c3)c2=O)c1. The van der Waals surface area contributed by atoms with E-state index in [-0.39, 0.29) is 23.0 Å². The van der Waals surface area contributed by atoms with Crippen LogP contribution in [0.3, 0.4) is 0 Å². The minimum Gasteiger partial charge on any atom is -0.506 e. The molecule has 0 bridgehead atoms. The first kappa shape index (κ1) is 23.1. The number of fused-ring (bicyclic) bond motifs is 1. The Kier molecular flexibility index (Phi) is 5.68. The van der Waals surface area contributed by atoms with E-state index in [2.05, 4.69) is 0 Å². The number of hydrogen-bond donors (Lipinski definition) is 1. The largest absolute Gasteiger partial charge is 0.506 e. The topological polar surface area (TPSA) is 86.2 Å². The molecule has 180 valence electrons. The lowest BCUT2D eigenvalue weighted by Crippen LogP contribution is -2.41. The molecule has 0 saturated heterocycles. The van der Waals surface area contributed by atoms with E-state index in [9.17, 15) is 19.5 Å². The highest BCUT2D eigenvalue weighted by Crippen LogP contribution is 2.26. The zero-order valence-corrected chi connectivity index (χ0v) is 20.2. The van der Waals surface area contributed by atoms with Crippen LogP contribution >= 0.6 is 0 Å². The predicted molar refractivity (Wildman–Crippen MR) is 141 cm³/mol. The Morgan fingerprint density at radius 3 is 1.89 bits per heavy atom. The fourth-order valence-electron chi connectivity index (χ4n) is 4.63. The smallest absolute Gasteiger partial charge is 0.341 e. The molecular formula is C29H25N3O4. The van der Waals surface area contributed by atoms with Crippen LogP contribution in [0, 0.1) is 13.8 Å². The van der Waals surface area contributed by atoms with Crippen molar-refractivity contribution in [1.29, 1.82) is 0 Å². The van der Waals surface area contributed by atoms with Crippen molar-refractivity contribution in [2.45, 2.75) is 20.3 Å². The van der Waals surface area contributed by atoms with Crippen molar-refractivity contribution in [3.05, 3.63) is 132 Å². The highest BCUT2D eigenvalue weighted by molar-refractivity contribution is 5.84. The summed E-state index contributed by atoms with van der Waals surface area (Å²) in [6.45, 7) is 3.76. The Labute approximate surface area is 206 Å². The van der Waals surface area contributed by atoms with Crippen LogP contribution in [0.15, 0.2) is 93.2 Å². The molecule has 2 heterocycles. The highest BCUT2D eigenvalue weighted by atomic mass is 16.3. The Morgan fingerprint density at radius 2 is 1.31 bits per heavy atom. The third-order valence-electron chi connectivity index (χ3n) is 6.38. The molecule has 2 aromatic heterocycles. The number of nitrogens with zero attached hydrogens (tertiary/aromatic N) is 3. The van der Waals surface area contributed by atoms with E-state index in [1.54, 1.807) is 36.4 Å². The number of pyridine rings is 1. The van der Waals surface area contributed by atoms with Crippen molar-refractivity contribution < 1.29 is 5.11 Å². The first-order chi connectivity index (χ1) is 17.3. The summed E-state index contributed by atoms with van der Waals surface area (Å²) in [5.74, 6) is -0.412. The molecule has 0 unspecified atom stereocenters. The van der Waals surface area contributed by atoms with E-state index in [0.29, 0.717) is 11.4 Å². The van der Waals surface area contributed by atoms with Crippen molar-refractivity contribution in [2.75, 3.05) is 0 Å². The van der Waals surface area contributed by atoms with Crippen molar-refractivity contribution in [2.24, 2.45) is 7.05 Å². The average Bonchev–Trinajstić information content (AvgIpc) is 2.86. The second-order valence-corrected chi connectivity index (χ2v) is 8.99. The lowest BCUT2D eigenvalue weighted by atomic mass is 10.0. The van der Waals surface area contributed by atoms with Crippen molar-refractivity contribution in [3.8, 4) is 17.1 Å². The summed E-state index contributed by atoms with van der Waals surface area (Å²) in [6.07, 6.45) is 0.142. The van der Waals surface area contributed by atoms with E-state index in [4.69, 9.17) is 0 Å². The van der Waals surface area contributed by atoms with Crippen LogP contribution in [0.4, 0.5) is 0 Å². The van der Waals surface area contributed by atoms with Gasteiger partial charge >= 0.3 is 5.69 Å². The van der Waals surface area contributed by atoms with Gasteiger partial charge in [-0.05, 0) is 54.8 Å². The van der Waals surface area contributed by atoms with Crippen molar-refractivity contribution >= 4 is 11.0 Å². The minimum absolute atomic E-state index is 0.0406. The number of hydrogen-bond acceptors (Lipinski definition) is 4. The van der Waals surface area contributed by atoms with Crippen LogP contribution in [0.25, 0.3) is 22.4 Å². The summed E-state index contributed by atoms with van der Waals surface area (Å²) in [6, 6.07) is 23.5. The third kappa shape index (κ3) is 3.75. The Bertz CT molecular complexity index is 1810. The molecule has 7 nitrogen and oxygen atoms in total. The number of aromatic hydroxyl groups is 1. The van der Waals surface area contributed by atoms with E-state index >= 15 is 0 Å². The van der Waals surface area contributed by atoms with Gasteiger partial charge in [-0.3, -0.25) is 14.2 Å². The van der Waals surface area contributed by atoms with Gasteiger partial charge in [0.1, 0.15) is 16.8 Å². The summed E-state index contributed by atoms with van der Waals surface area (Å²) in [4.78, 5) is 41.2. The maximum atomic E-state index is 13.9. The molecule has 0 saturated carbocycles. The molecule has 0 aliphatic carbocycles. The van der Waals surface area contributed by atoms with Gasteiger partial charge in [-0.1, -0.05) is 54.6 Å². The van der Waals surface area contributed by atoms with Crippen LogP contribution in [0.1, 0.15) is 22.3 Å². The maximum absolute atomic E-state index is 13.9. The summed E-state index contributed by atoms with van der Waals surface area (Å²) < 4.78 is 3.65. The fourth-order valence-corrected chi connectivity index (χ4v) is 4.63. The molecular weight excluding hydrogens is 454 g/mol. The van der Waals surface area contributed by atoms with E-state index < -0.39 is 22.6 Å². The number of rotatable bonds is 4. The van der Waals surface area contributed by atoms with Gasteiger partial charge in [-0.25, -0.2) is 13.9 Å². The lowest BCUT2D eigenvalue weighted by molar-refractivity contribution is 0.471. The van der Waals surface area contributed by atoms with Crippen LogP contribution in [-0.2, 0) is 13.5 Å². The molecule has 7 heteroatoms. The van der Waals surface area contributed by atoms with Gasteiger partial charge in [-0.2, -0.15) is 0 Å². The minimum atomic E-state index is -0.688. The first-order valence-corrected chi connectivity index (χ1v) is 11.6. The third-order valence-corrected chi connectivity index (χ3v) is 6.38. The second kappa shape index (κ2) is 8.85. The Morgan fingerprint density at radius 1 is 0.722 bits per heavy atom. The summed E-state index contributed by atoms with van der Waals surface area (Å²) >= 11 is 0. The summed E-state index contributed by atoms with van der Waals surface area (Å²) in [7, 11) is 1.51. The molecule has 0 radical (unpaired) electrons. The molecule has 1 N–H and O–H groups in total. The molecule has 5 rings (SSSR count). The van der Waals surface area contributed by atoms with Crippen LogP contribution in [-0.4, -0.2) is 18.8 Å². The molecule has 5 aromatic rings. The van der Waals surface area contributed by atoms with E-state index in [0.717, 1.165) is 21.3 Å². The number of aromatic nitrogens is 3. The molecule has 0 fully saturated rings. The molecule has 0 amide bonds. The van der Waals surface area contributed by atoms with Crippen molar-refractivity contribution in [3.63, 3.8) is 0 Å². The monoisotopic (exact) mass is 479 g/mol. The molecule has 0 spiro atoms. The van der Waals surface area contributed by atoms with Gasteiger partial charge in [0, 0.05) is 13.5 Å². The maximum Gasteiger partial charge on any atom is 0.341 e. The summed E-state index contributed by atoms with van der Waals surface area (Å²) in [5, 5.41) is 11.3. The van der Waals surface area contributed by atoms with E-state index in [1.165, 1.54) is 16.2 Å². The molecule has 3 aromatic carbocycles. The Hall–Kier alpha value is -4.65. The average molecular weight is 480 g/mol. The second-order valence-electron chi connectivity index (χ2n) is 8.99. The lowest BCUT2D eigenvalue weighted by Gasteiger charge is -2.19. The predicted octanol–water partition coefficient (Wildman–Crippen LogP) is 3.75. The molecule has 0 aliphatic rings. The standard InChI is InChI=1S/C29H25N3O4/c1-18-9-7-13-21(15-18)31-26-24(28(35)32(29(31)36)22-14-8-10-19(2)16-22)25(33)23(27(34)30(26)3)17-20-11-5-4-6-12-20/h4-16,33H,17H2,1-3H3.